The molecule has 2 aromatic heterocycles. The molecule has 0 saturated heterocycles. The van der Waals surface area contributed by atoms with Gasteiger partial charge in [0.25, 0.3) is 0 Å². The second-order valence-corrected chi connectivity index (χ2v) is 3.30. The standard InChI is InChI=1S/C7H9N3S/c1-5-3-10-6(2-8)4-11-7(10)9-5/h3-4H,2,8H2,1H3. The molecule has 0 atom stereocenters. The second kappa shape index (κ2) is 2.32. The van der Waals surface area contributed by atoms with E-state index in [1.165, 1.54) is 0 Å². The number of thiazole rings is 1. The molecule has 2 aromatic rings. The number of rotatable bonds is 1. The Hall–Kier alpha value is -0.870. The monoisotopic (exact) mass is 167 g/mol. The number of aryl methyl sites for hydroxylation is 1. The van der Waals surface area contributed by atoms with Gasteiger partial charge in [-0.2, -0.15) is 0 Å². The highest BCUT2D eigenvalue weighted by molar-refractivity contribution is 7.15. The molecule has 2 N–H and O–H groups in total. The summed E-state index contributed by atoms with van der Waals surface area (Å²) in [6, 6.07) is 0. The minimum Gasteiger partial charge on any atom is -0.325 e. The maximum absolute atomic E-state index is 5.53. The number of fused-ring (bicyclic) bond motifs is 1. The van der Waals surface area contributed by atoms with Gasteiger partial charge in [-0.1, -0.05) is 0 Å². The van der Waals surface area contributed by atoms with Gasteiger partial charge in [0.05, 0.1) is 5.69 Å². The van der Waals surface area contributed by atoms with Crippen LogP contribution in [0.5, 0.6) is 0 Å². The van der Waals surface area contributed by atoms with Crippen molar-refractivity contribution < 1.29 is 0 Å². The first-order valence-corrected chi connectivity index (χ1v) is 4.31. The van der Waals surface area contributed by atoms with E-state index in [9.17, 15) is 0 Å². The molecule has 0 unspecified atom stereocenters. The van der Waals surface area contributed by atoms with E-state index < -0.39 is 0 Å². The first kappa shape index (κ1) is 6.82. The van der Waals surface area contributed by atoms with Gasteiger partial charge in [-0.25, -0.2) is 4.98 Å². The molecule has 0 saturated carbocycles. The second-order valence-electron chi connectivity index (χ2n) is 2.47. The Morgan fingerprint density at radius 3 is 3.27 bits per heavy atom. The van der Waals surface area contributed by atoms with E-state index >= 15 is 0 Å². The van der Waals surface area contributed by atoms with Gasteiger partial charge in [-0.3, -0.25) is 4.40 Å². The summed E-state index contributed by atoms with van der Waals surface area (Å²) in [7, 11) is 0. The van der Waals surface area contributed by atoms with Crippen LogP contribution in [0.4, 0.5) is 0 Å². The van der Waals surface area contributed by atoms with Crippen LogP contribution in [-0.4, -0.2) is 9.38 Å². The summed E-state index contributed by atoms with van der Waals surface area (Å²) < 4.78 is 2.04. The Bertz CT molecular complexity index is 374. The molecule has 0 bridgehead atoms. The Morgan fingerprint density at radius 1 is 1.73 bits per heavy atom. The van der Waals surface area contributed by atoms with Gasteiger partial charge < -0.3 is 5.73 Å². The third kappa shape index (κ3) is 0.948. The lowest BCUT2D eigenvalue weighted by Gasteiger charge is -1.89. The van der Waals surface area contributed by atoms with Crippen molar-refractivity contribution in [2.45, 2.75) is 13.5 Å². The predicted octanol–water partition coefficient (Wildman–Crippen LogP) is 1.16. The Kier molecular flexibility index (Phi) is 1.44. The molecule has 0 amide bonds. The van der Waals surface area contributed by atoms with Gasteiger partial charge in [0, 0.05) is 23.8 Å². The van der Waals surface area contributed by atoms with Crippen LogP contribution in [0.3, 0.4) is 0 Å². The van der Waals surface area contributed by atoms with Gasteiger partial charge >= 0.3 is 0 Å². The molecule has 0 aliphatic rings. The summed E-state index contributed by atoms with van der Waals surface area (Å²) in [6.07, 6.45) is 2.01. The van der Waals surface area contributed by atoms with Crippen LogP contribution in [-0.2, 0) is 6.54 Å². The Labute approximate surface area is 68.5 Å². The summed E-state index contributed by atoms with van der Waals surface area (Å²) in [6.45, 7) is 2.57. The summed E-state index contributed by atoms with van der Waals surface area (Å²) >= 11 is 1.63. The lowest BCUT2D eigenvalue weighted by atomic mass is 10.5. The average Bonchev–Trinajstić information content (AvgIpc) is 2.45. The van der Waals surface area contributed by atoms with Gasteiger partial charge in [0.1, 0.15) is 0 Å². The van der Waals surface area contributed by atoms with Crippen LogP contribution >= 0.6 is 11.3 Å². The lowest BCUT2D eigenvalue weighted by molar-refractivity contribution is 0.964. The zero-order valence-corrected chi connectivity index (χ0v) is 7.06. The number of nitrogens with two attached hydrogens (primary N) is 1. The van der Waals surface area contributed by atoms with Gasteiger partial charge in [0.2, 0.25) is 0 Å². The molecule has 2 rings (SSSR count). The number of nitrogens with zero attached hydrogens (tertiary/aromatic N) is 2. The topological polar surface area (TPSA) is 43.3 Å². The SMILES string of the molecule is Cc1cn2c(CN)csc2n1. The van der Waals surface area contributed by atoms with E-state index in [0.717, 1.165) is 16.3 Å². The molecule has 3 nitrogen and oxygen atoms in total. The molecular formula is C7H9N3S. The van der Waals surface area contributed by atoms with E-state index in [-0.39, 0.29) is 0 Å². The quantitative estimate of drug-likeness (QED) is 0.692. The predicted molar refractivity (Wildman–Crippen MR) is 45.7 cm³/mol. The van der Waals surface area contributed by atoms with E-state index in [0.29, 0.717) is 6.54 Å². The maximum Gasteiger partial charge on any atom is 0.194 e. The van der Waals surface area contributed by atoms with Crippen molar-refractivity contribution >= 4 is 16.3 Å². The third-order valence-corrected chi connectivity index (χ3v) is 2.50. The van der Waals surface area contributed by atoms with Crippen LogP contribution in [0.2, 0.25) is 0 Å². The molecule has 0 aliphatic heterocycles. The van der Waals surface area contributed by atoms with Crippen molar-refractivity contribution in [1.29, 1.82) is 0 Å². The average molecular weight is 167 g/mol. The van der Waals surface area contributed by atoms with Crippen molar-refractivity contribution in [1.82, 2.24) is 9.38 Å². The van der Waals surface area contributed by atoms with Crippen molar-refractivity contribution in [2.24, 2.45) is 5.73 Å². The highest BCUT2D eigenvalue weighted by Crippen LogP contribution is 2.15. The van der Waals surface area contributed by atoms with Crippen LogP contribution in [0.25, 0.3) is 4.96 Å². The Morgan fingerprint density at radius 2 is 2.55 bits per heavy atom. The molecule has 58 valence electrons. The summed E-state index contributed by atoms with van der Waals surface area (Å²) in [4.78, 5) is 5.34. The van der Waals surface area contributed by atoms with Crippen LogP contribution in [0.15, 0.2) is 11.6 Å². The van der Waals surface area contributed by atoms with E-state index in [2.05, 4.69) is 4.98 Å². The fourth-order valence-corrected chi connectivity index (χ4v) is 2.02. The van der Waals surface area contributed by atoms with Gasteiger partial charge in [-0.15, -0.1) is 11.3 Å². The molecule has 0 spiro atoms. The summed E-state index contributed by atoms with van der Waals surface area (Å²) in [5.41, 5.74) is 7.71. The molecule has 0 radical (unpaired) electrons. The van der Waals surface area contributed by atoms with Gasteiger partial charge in [-0.05, 0) is 6.92 Å². The molecule has 0 aliphatic carbocycles. The fourth-order valence-electron chi connectivity index (χ4n) is 1.09. The molecular weight excluding hydrogens is 158 g/mol. The third-order valence-electron chi connectivity index (χ3n) is 1.61. The summed E-state index contributed by atoms with van der Waals surface area (Å²) in [5, 5.41) is 2.04. The molecule has 0 aromatic carbocycles. The summed E-state index contributed by atoms with van der Waals surface area (Å²) in [5.74, 6) is 0. The zero-order chi connectivity index (χ0) is 7.84. The van der Waals surface area contributed by atoms with Crippen molar-refractivity contribution in [3.8, 4) is 0 Å². The van der Waals surface area contributed by atoms with Crippen LogP contribution in [0.1, 0.15) is 11.4 Å². The highest BCUT2D eigenvalue weighted by Gasteiger charge is 2.02. The molecule has 2 heterocycles. The van der Waals surface area contributed by atoms with Crippen molar-refractivity contribution in [3.63, 3.8) is 0 Å². The number of hydrogen-bond donors (Lipinski definition) is 1. The van der Waals surface area contributed by atoms with E-state index in [1.54, 1.807) is 11.3 Å². The van der Waals surface area contributed by atoms with Gasteiger partial charge in [0.15, 0.2) is 4.96 Å². The fraction of sp³-hybridized carbons (Fsp3) is 0.286. The normalized spacial score (nSPS) is 11.1. The van der Waals surface area contributed by atoms with Crippen LogP contribution in [0, 0.1) is 6.92 Å². The van der Waals surface area contributed by atoms with Crippen molar-refractivity contribution in [2.75, 3.05) is 0 Å². The molecule has 11 heavy (non-hydrogen) atoms. The largest absolute Gasteiger partial charge is 0.325 e. The number of hydrogen-bond acceptors (Lipinski definition) is 3. The maximum atomic E-state index is 5.53. The van der Waals surface area contributed by atoms with E-state index in [1.807, 2.05) is 22.9 Å². The molecule has 4 heteroatoms. The zero-order valence-electron chi connectivity index (χ0n) is 6.24. The Balaban J connectivity index is 2.73. The number of aromatic nitrogens is 2. The smallest absolute Gasteiger partial charge is 0.194 e. The van der Waals surface area contributed by atoms with Crippen LogP contribution < -0.4 is 5.73 Å². The first-order valence-electron chi connectivity index (χ1n) is 3.43. The molecule has 0 fully saturated rings. The highest BCUT2D eigenvalue weighted by atomic mass is 32.1. The first-order chi connectivity index (χ1) is 5.31. The number of imidazole rings is 1. The van der Waals surface area contributed by atoms with Crippen molar-refractivity contribution in [3.05, 3.63) is 23.0 Å². The minimum absolute atomic E-state index is 0.579. The van der Waals surface area contributed by atoms with E-state index in [4.69, 9.17) is 5.73 Å². The minimum atomic E-state index is 0.579. The lowest BCUT2D eigenvalue weighted by Crippen LogP contribution is -1.98.